The molecule has 3 rings (SSSR count). The lowest BCUT2D eigenvalue weighted by Gasteiger charge is -2.30. The maximum Gasteiger partial charge on any atom is 0.251 e. The third-order valence-corrected chi connectivity index (χ3v) is 4.83. The third-order valence-electron chi connectivity index (χ3n) is 4.58. The Morgan fingerprint density at radius 1 is 1.22 bits per heavy atom. The smallest absolute Gasteiger partial charge is 0.251 e. The molecule has 1 aromatic carbocycles. The van der Waals surface area contributed by atoms with Crippen LogP contribution in [0.25, 0.3) is 0 Å². The fourth-order valence-corrected chi connectivity index (χ4v) is 3.53. The molecule has 1 aliphatic rings. The van der Waals surface area contributed by atoms with Crippen LogP contribution in [0.15, 0.2) is 42.0 Å². The van der Waals surface area contributed by atoms with Gasteiger partial charge in [0.1, 0.15) is 0 Å². The molecule has 0 saturated heterocycles. The number of nitrogens with zero attached hydrogens (tertiary/aromatic N) is 2. The van der Waals surface area contributed by atoms with Gasteiger partial charge in [0.15, 0.2) is 0 Å². The van der Waals surface area contributed by atoms with E-state index in [0.29, 0.717) is 0 Å². The molecule has 0 spiro atoms. The number of hydrogen-bond donors (Lipinski definition) is 0. The van der Waals surface area contributed by atoms with Crippen LogP contribution in [-0.4, -0.2) is 15.7 Å². The summed E-state index contributed by atoms with van der Waals surface area (Å²) in [6.07, 6.45) is 3.84. The van der Waals surface area contributed by atoms with E-state index in [2.05, 4.69) is 18.1 Å². The summed E-state index contributed by atoms with van der Waals surface area (Å²) in [6.45, 7) is 5.98. The summed E-state index contributed by atoms with van der Waals surface area (Å²) < 4.78 is 1.57. The van der Waals surface area contributed by atoms with Gasteiger partial charge in [-0.2, -0.15) is 5.10 Å². The van der Waals surface area contributed by atoms with Crippen molar-refractivity contribution in [2.45, 2.75) is 39.5 Å². The molecule has 0 N–H and O–H groups in total. The standard InChI is InChI=1S/C19H21ClN2O/c1-12-4-9-17(19(23)22-14(3)11-13(2)21-22)18(10-12)15-5-7-16(20)8-6-15/h4-8,11,17-18H,9-10H2,1-3H3/t17-,18+/m1/s1. The number of hydrogen-bond acceptors (Lipinski definition) is 2. The number of benzene rings is 1. The molecule has 4 heteroatoms. The van der Waals surface area contributed by atoms with Crippen LogP contribution in [-0.2, 0) is 0 Å². The minimum atomic E-state index is -0.0853. The Balaban J connectivity index is 1.96. The molecule has 23 heavy (non-hydrogen) atoms. The minimum absolute atomic E-state index is 0.0827. The van der Waals surface area contributed by atoms with Crippen molar-refractivity contribution in [3.05, 3.63) is 64.0 Å². The number of halogens is 1. The lowest BCUT2D eigenvalue weighted by molar-refractivity contribution is 0.0788. The van der Waals surface area contributed by atoms with Gasteiger partial charge in [0.25, 0.3) is 5.91 Å². The van der Waals surface area contributed by atoms with E-state index in [4.69, 9.17) is 11.6 Å². The Labute approximate surface area is 142 Å². The van der Waals surface area contributed by atoms with Gasteiger partial charge in [0.2, 0.25) is 0 Å². The molecule has 1 aliphatic carbocycles. The zero-order chi connectivity index (χ0) is 16.6. The van der Waals surface area contributed by atoms with Crippen LogP contribution in [0.5, 0.6) is 0 Å². The van der Waals surface area contributed by atoms with Crippen LogP contribution < -0.4 is 0 Å². The molecule has 1 heterocycles. The second kappa shape index (κ2) is 6.32. The van der Waals surface area contributed by atoms with Crippen molar-refractivity contribution in [3.63, 3.8) is 0 Å². The van der Waals surface area contributed by atoms with Crippen molar-refractivity contribution >= 4 is 17.5 Å². The molecule has 0 aliphatic heterocycles. The van der Waals surface area contributed by atoms with Crippen molar-refractivity contribution in [1.29, 1.82) is 0 Å². The second-order valence-electron chi connectivity index (χ2n) is 6.43. The number of allylic oxidation sites excluding steroid dienone is 2. The van der Waals surface area contributed by atoms with Gasteiger partial charge >= 0.3 is 0 Å². The Kier molecular flexibility index (Phi) is 4.40. The first kappa shape index (κ1) is 16.0. The van der Waals surface area contributed by atoms with Gasteiger partial charge in [-0.15, -0.1) is 0 Å². The van der Waals surface area contributed by atoms with Crippen molar-refractivity contribution in [1.82, 2.24) is 9.78 Å². The molecule has 0 unspecified atom stereocenters. The monoisotopic (exact) mass is 328 g/mol. The van der Waals surface area contributed by atoms with Crippen molar-refractivity contribution in [2.24, 2.45) is 5.92 Å². The Bertz CT molecular complexity index is 758. The largest absolute Gasteiger partial charge is 0.272 e. The van der Waals surface area contributed by atoms with E-state index in [9.17, 15) is 4.79 Å². The first-order valence-electron chi connectivity index (χ1n) is 7.94. The summed E-state index contributed by atoms with van der Waals surface area (Å²) in [6, 6.07) is 9.81. The van der Waals surface area contributed by atoms with Gasteiger partial charge < -0.3 is 0 Å². The number of aromatic nitrogens is 2. The highest BCUT2D eigenvalue weighted by atomic mass is 35.5. The Morgan fingerprint density at radius 2 is 1.91 bits per heavy atom. The zero-order valence-electron chi connectivity index (χ0n) is 13.7. The second-order valence-corrected chi connectivity index (χ2v) is 6.87. The van der Waals surface area contributed by atoms with Crippen LogP contribution in [0.2, 0.25) is 5.02 Å². The highest BCUT2D eigenvalue weighted by Crippen LogP contribution is 2.38. The first-order chi connectivity index (χ1) is 11.0. The number of rotatable bonds is 2. The summed E-state index contributed by atoms with van der Waals surface area (Å²) in [7, 11) is 0. The van der Waals surface area contributed by atoms with E-state index in [1.165, 1.54) is 11.1 Å². The van der Waals surface area contributed by atoms with Gasteiger partial charge in [-0.3, -0.25) is 4.79 Å². The molecule has 0 amide bonds. The quantitative estimate of drug-likeness (QED) is 0.732. The van der Waals surface area contributed by atoms with E-state index < -0.39 is 0 Å². The lowest BCUT2D eigenvalue weighted by Crippen LogP contribution is -2.30. The molecular weight excluding hydrogens is 308 g/mol. The molecule has 0 bridgehead atoms. The van der Waals surface area contributed by atoms with E-state index >= 15 is 0 Å². The molecule has 2 aromatic rings. The average Bonchev–Trinajstić information content (AvgIpc) is 2.86. The number of carbonyl (C=O) groups excluding carboxylic acids is 1. The van der Waals surface area contributed by atoms with E-state index in [1.807, 2.05) is 44.2 Å². The van der Waals surface area contributed by atoms with Crippen molar-refractivity contribution < 1.29 is 4.79 Å². The molecule has 1 aromatic heterocycles. The Morgan fingerprint density at radius 3 is 2.52 bits per heavy atom. The van der Waals surface area contributed by atoms with Crippen molar-refractivity contribution in [3.8, 4) is 0 Å². The van der Waals surface area contributed by atoms with Crippen LogP contribution >= 0.6 is 11.6 Å². The fraction of sp³-hybridized carbons (Fsp3) is 0.368. The maximum absolute atomic E-state index is 13.0. The van der Waals surface area contributed by atoms with Gasteiger partial charge in [-0.25, -0.2) is 4.68 Å². The summed E-state index contributed by atoms with van der Waals surface area (Å²) in [5, 5.41) is 5.09. The highest BCUT2D eigenvalue weighted by Gasteiger charge is 2.33. The summed E-state index contributed by atoms with van der Waals surface area (Å²) >= 11 is 6.01. The van der Waals surface area contributed by atoms with Gasteiger partial charge in [0.05, 0.1) is 11.6 Å². The average molecular weight is 329 g/mol. The molecule has 3 nitrogen and oxygen atoms in total. The molecule has 120 valence electrons. The summed E-state index contributed by atoms with van der Waals surface area (Å²) in [5.41, 5.74) is 4.28. The van der Waals surface area contributed by atoms with Gasteiger partial charge in [-0.05, 0) is 63.3 Å². The van der Waals surface area contributed by atoms with E-state index in [-0.39, 0.29) is 17.7 Å². The highest BCUT2D eigenvalue weighted by molar-refractivity contribution is 6.30. The summed E-state index contributed by atoms with van der Waals surface area (Å²) in [4.78, 5) is 13.0. The van der Waals surface area contributed by atoms with Crippen molar-refractivity contribution in [2.75, 3.05) is 0 Å². The number of aryl methyl sites for hydroxylation is 2. The summed E-state index contributed by atoms with van der Waals surface area (Å²) in [5.74, 6) is 0.172. The molecule has 0 fully saturated rings. The fourth-order valence-electron chi connectivity index (χ4n) is 3.41. The SMILES string of the molecule is CC1=CC[C@@H](C(=O)n2nc(C)cc2C)[C@H](c2ccc(Cl)cc2)C1. The molecular formula is C19H21ClN2O. The molecule has 0 saturated carbocycles. The lowest BCUT2D eigenvalue weighted by atomic mass is 9.75. The Hall–Kier alpha value is -1.87. The molecule has 0 radical (unpaired) electrons. The van der Waals surface area contributed by atoms with E-state index in [0.717, 1.165) is 29.3 Å². The predicted octanol–water partition coefficient (Wildman–Crippen LogP) is 4.93. The van der Waals surface area contributed by atoms with Crippen LogP contribution in [0.4, 0.5) is 0 Å². The third kappa shape index (κ3) is 3.25. The first-order valence-corrected chi connectivity index (χ1v) is 8.32. The minimum Gasteiger partial charge on any atom is -0.272 e. The van der Waals surface area contributed by atoms with Crippen LogP contribution in [0, 0.1) is 19.8 Å². The normalized spacial score (nSPS) is 21.1. The molecule has 2 atom stereocenters. The van der Waals surface area contributed by atoms with Gasteiger partial charge in [-0.1, -0.05) is 35.4 Å². The number of carbonyl (C=O) groups is 1. The zero-order valence-corrected chi connectivity index (χ0v) is 14.5. The van der Waals surface area contributed by atoms with Crippen LogP contribution in [0.1, 0.15) is 47.4 Å². The van der Waals surface area contributed by atoms with Gasteiger partial charge in [0, 0.05) is 10.7 Å². The topological polar surface area (TPSA) is 34.9 Å². The van der Waals surface area contributed by atoms with Crippen LogP contribution in [0.3, 0.4) is 0 Å². The predicted molar refractivity (Wildman–Crippen MR) is 93.0 cm³/mol. The van der Waals surface area contributed by atoms with E-state index in [1.54, 1.807) is 4.68 Å². The maximum atomic E-state index is 13.0.